The molecule has 0 radical (unpaired) electrons. The van der Waals surface area contributed by atoms with E-state index >= 15 is 0 Å². The molecule has 0 saturated heterocycles. The zero-order chi connectivity index (χ0) is 18.7. The lowest BCUT2D eigenvalue weighted by Crippen LogP contribution is -2.46. The molecule has 0 aliphatic heterocycles. The predicted molar refractivity (Wildman–Crippen MR) is 96.0 cm³/mol. The standard InChI is InChI=1S/C14H15Cl2N7O2/c1-22(18)14(20-17)19-12(24)11-10(16)9(13(25)23(2)21-11)7-3-5-8(15)6-4-7/h3-6H,17-18H2,1-2H3,(H,19,20,24). The Morgan fingerprint density at radius 1 is 1.32 bits per heavy atom. The maximum Gasteiger partial charge on any atom is 0.280 e. The first-order valence-corrected chi connectivity index (χ1v) is 7.62. The van der Waals surface area contributed by atoms with E-state index < -0.39 is 11.5 Å². The Morgan fingerprint density at radius 2 is 1.92 bits per heavy atom. The van der Waals surface area contributed by atoms with Crippen molar-refractivity contribution in [3.05, 3.63) is 50.4 Å². The molecular weight excluding hydrogens is 369 g/mol. The highest BCUT2D eigenvalue weighted by Gasteiger charge is 2.22. The highest BCUT2D eigenvalue weighted by Crippen LogP contribution is 2.27. The molecule has 2 rings (SSSR count). The number of hydrazone groups is 1. The van der Waals surface area contributed by atoms with Gasteiger partial charge in [0.05, 0.1) is 10.6 Å². The van der Waals surface area contributed by atoms with Gasteiger partial charge < -0.3 is 5.84 Å². The number of hydrogen-bond acceptors (Lipinski definition) is 6. The second kappa shape index (κ2) is 7.51. The Labute approximate surface area is 152 Å². The number of nitrogens with zero attached hydrogens (tertiary/aromatic N) is 4. The number of aryl methyl sites for hydroxylation is 1. The maximum atomic E-state index is 12.4. The van der Waals surface area contributed by atoms with Crippen molar-refractivity contribution in [2.45, 2.75) is 0 Å². The van der Waals surface area contributed by atoms with Crippen molar-refractivity contribution in [1.82, 2.24) is 20.1 Å². The summed E-state index contributed by atoms with van der Waals surface area (Å²) in [5, 5.41) is 11.0. The first-order chi connectivity index (χ1) is 11.8. The minimum atomic E-state index is -0.725. The molecule has 1 heterocycles. The molecule has 0 unspecified atom stereocenters. The molecule has 25 heavy (non-hydrogen) atoms. The van der Waals surface area contributed by atoms with E-state index in [1.807, 2.05) is 0 Å². The topological polar surface area (TPSA) is 132 Å². The number of aromatic nitrogens is 2. The number of amides is 1. The number of carbonyl (C=O) groups excluding carboxylic acids is 1. The lowest BCUT2D eigenvalue weighted by atomic mass is 10.1. The van der Waals surface area contributed by atoms with Crippen molar-refractivity contribution in [3.63, 3.8) is 0 Å². The van der Waals surface area contributed by atoms with Crippen molar-refractivity contribution in [2.75, 3.05) is 7.05 Å². The van der Waals surface area contributed by atoms with E-state index in [9.17, 15) is 9.59 Å². The van der Waals surface area contributed by atoms with Crippen LogP contribution in [0.25, 0.3) is 11.1 Å². The van der Waals surface area contributed by atoms with E-state index in [1.165, 1.54) is 14.1 Å². The van der Waals surface area contributed by atoms with Crippen molar-refractivity contribution in [3.8, 4) is 11.1 Å². The van der Waals surface area contributed by atoms with Gasteiger partial charge in [0.25, 0.3) is 11.5 Å². The number of guanidine groups is 1. The monoisotopic (exact) mass is 383 g/mol. The molecule has 1 aromatic carbocycles. The smallest absolute Gasteiger partial charge is 0.280 e. The number of hydrogen-bond donors (Lipinski definition) is 3. The van der Waals surface area contributed by atoms with Crippen LogP contribution in [-0.4, -0.2) is 33.7 Å². The molecule has 0 bridgehead atoms. The quantitative estimate of drug-likeness (QED) is 0.299. The summed E-state index contributed by atoms with van der Waals surface area (Å²) in [5.41, 5.74) is -0.0346. The second-order valence-electron chi connectivity index (χ2n) is 4.99. The zero-order valence-electron chi connectivity index (χ0n) is 13.3. The van der Waals surface area contributed by atoms with Gasteiger partial charge in [0, 0.05) is 19.1 Å². The molecule has 132 valence electrons. The third kappa shape index (κ3) is 3.90. The van der Waals surface area contributed by atoms with Gasteiger partial charge in [0.2, 0.25) is 5.96 Å². The molecule has 1 amide bonds. The lowest BCUT2D eigenvalue weighted by Gasteiger charge is -2.16. The van der Waals surface area contributed by atoms with Crippen LogP contribution in [0.15, 0.2) is 34.2 Å². The molecule has 5 N–H and O–H groups in total. The molecule has 0 aliphatic carbocycles. The van der Waals surface area contributed by atoms with Crippen LogP contribution in [0.3, 0.4) is 0 Å². The van der Waals surface area contributed by atoms with Crippen LogP contribution in [0.1, 0.15) is 10.5 Å². The Bertz CT molecular complexity index is 891. The molecule has 0 spiro atoms. The van der Waals surface area contributed by atoms with Gasteiger partial charge in [0.15, 0.2) is 5.69 Å². The first-order valence-electron chi connectivity index (χ1n) is 6.86. The summed E-state index contributed by atoms with van der Waals surface area (Å²) in [6.07, 6.45) is 0. The van der Waals surface area contributed by atoms with Gasteiger partial charge in [-0.25, -0.2) is 10.5 Å². The van der Waals surface area contributed by atoms with E-state index in [0.29, 0.717) is 10.6 Å². The maximum absolute atomic E-state index is 12.4. The molecular formula is C14H15Cl2N7O2. The van der Waals surface area contributed by atoms with Crippen molar-refractivity contribution in [1.29, 1.82) is 0 Å². The Balaban J connectivity index is 2.56. The number of halogens is 2. The average Bonchev–Trinajstić information content (AvgIpc) is 2.57. The highest BCUT2D eigenvalue weighted by molar-refractivity contribution is 6.36. The number of carbonyl (C=O) groups is 1. The van der Waals surface area contributed by atoms with Gasteiger partial charge in [0.1, 0.15) is 0 Å². The van der Waals surface area contributed by atoms with Crippen LogP contribution < -0.4 is 22.6 Å². The van der Waals surface area contributed by atoms with Gasteiger partial charge in [-0.15, -0.1) is 5.10 Å². The number of nitrogens with one attached hydrogen (secondary N) is 1. The van der Waals surface area contributed by atoms with Crippen LogP contribution in [0.4, 0.5) is 0 Å². The summed E-state index contributed by atoms with van der Waals surface area (Å²) >= 11 is 12.1. The average molecular weight is 384 g/mol. The number of nitrogens with two attached hydrogens (primary N) is 2. The zero-order valence-corrected chi connectivity index (χ0v) is 14.8. The molecule has 0 saturated carbocycles. The Hall–Kier alpha value is -2.62. The van der Waals surface area contributed by atoms with Gasteiger partial charge >= 0.3 is 0 Å². The lowest BCUT2D eigenvalue weighted by molar-refractivity contribution is 0.0965. The van der Waals surface area contributed by atoms with Gasteiger partial charge in [-0.3, -0.25) is 19.9 Å². The SMILES string of the molecule is CN(N)/C(=N\N)NC(=O)c1nn(C)c(=O)c(-c2ccc(Cl)cc2)c1Cl. The summed E-state index contributed by atoms with van der Waals surface area (Å²) in [4.78, 5) is 24.8. The largest absolute Gasteiger partial charge is 0.320 e. The van der Waals surface area contributed by atoms with E-state index in [0.717, 1.165) is 9.69 Å². The van der Waals surface area contributed by atoms with E-state index in [1.54, 1.807) is 24.3 Å². The van der Waals surface area contributed by atoms with Gasteiger partial charge in [-0.1, -0.05) is 35.3 Å². The number of benzene rings is 1. The van der Waals surface area contributed by atoms with Crippen molar-refractivity contribution in [2.24, 2.45) is 23.8 Å². The fourth-order valence-electron chi connectivity index (χ4n) is 2.00. The summed E-state index contributed by atoms with van der Waals surface area (Å²) in [6, 6.07) is 6.45. The third-order valence-electron chi connectivity index (χ3n) is 3.21. The van der Waals surface area contributed by atoms with Crippen LogP contribution in [0, 0.1) is 0 Å². The van der Waals surface area contributed by atoms with Crippen LogP contribution in [0.2, 0.25) is 10.0 Å². The molecule has 1 aromatic heterocycles. The Morgan fingerprint density at radius 3 is 2.44 bits per heavy atom. The third-order valence-corrected chi connectivity index (χ3v) is 3.83. The molecule has 0 atom stereocenters. The van der Waals surface area contributed by atoms with Gasteiger partial charge in [-0.2, -0.15) is 5.10 Å². The summed E-state index contributed by atoms with van der Waals surface area (Å²) < 4.78 is 1.01. The molecule has 0 fully saturated rings. The summed E-state index contributed by atoms with van der Waals surface area (Å²) in [7, 11) is 2.84. The Kier molecular flexibility index (Phi) is 5.62. The van der Waals surface area contributed by atoms with Crippen molar-refractivity contribution >= 4 is 35.1 Å². The van der Waals surface area contributed by atoms with E-state index in [4.69, 9.17) is 34.9 Å². The minimum Gasteiger partial charge on any atom is -0.320 e. The van der Waals surface area contributed by atoms with Crippen LogP contribution in [0.5, 0.6) is 0 Å². The van der Waals surface area contributed by atoms with Gasteiger partial charge in [-0.05, 0) is 17.7 Å². The van der Waals surface area contributed by atoms with E-state index in [-0.39, 0.29) is 22.2 Å². The highest BCUT2D eigenvalue weighted by atomic mass is 35.5. The summed E-state index contributed by atoms with van der Waals surface area (Å²) in [6.45, 7) is 0. The number of hydrazine groups is 1. The molecule has 2 aromatic rings. The minimum absolute atomic E-state index is 0.107. The fourth-order valence-corrected chi connectivity index (χ4v) is 2.44. The molecule has 9 nitrogen and oxygen atoms in total. The normalized spacial score (nSPS) is 11.3. The predicted octanol–water partition coefficient (Wildman–Crippen LogP) is 0.519. The first kappa shape index (κ1) is 18.7. The second-order valence-corrected chi connectivity index (χ2v) is 5.81. The van der Waals surface area contributed by atoms with Crippen LogP contribution >= 0.6 is 23.2 Å². The summed E-state index contributed by atoms with van der Waals surface area (Å²) in [5.74, 6) is 9.81. The molecule has 11 heteroatoms. The molecule has 0 aliphatic rings. The van der Waals surface area contributed by atoms with Crippen molar-refractivity contribution < 1.29 is 4.79 Å². The fraction of sp³-hybridized carbons (Fsp3) is 0.143. The van der Waals surface area contributed by atoms with Crippen LogP contribution in [-0.2, 0) is 7.05 Å². The number of rotatable bonds is 2. The van der Waals surface area contributed by atoms with E-state index in [2.05, 4.69) is 15.5 Å².